The number of aliphatic hydroxyl groups excluding tert-OH is 5. The summed E-state index contributed by atoms with van der Waals surface area (Å²) in [5.74, 6) is -0.189. The Morgan fingerprint density at radius 3 is 1.41 bits per heavy atom. The number of allylic oxidation sites excluding steroid dienone is 5. The van der Waals surface area contributed by atoms with Crippen LogP contribution in [0, 0.1) is 0 Å². The summed E-state index contributed by atoms with van der Waals surface area (Å²) >= 11 is 0. The quantitative estimate of drug-likeness (QED) is 0.0262. The molecule has 1 amide bonds. The van der Waals surface area contributed by atoms with E-state index >= 15 is 0 Å². The van der Waals surface area contributed by atoms with E-state index in [1.54, 1.807) is 6.08 Å². The first kappa shape index (κ1) is 57.4. The third-order valence-electron chi connectivity index (χ3n) is 12.2. The van der Waals surface area contributed by atoms with Gasteiger partial charge < -0.3 is 40.3 Å². The monoisotopic (exact) mass is 864 g/mol. The van der Waals surface area contributed by atoms with Gasteiger partial charge >= 0.3 is 0 Å². The molecule has 0 aromatic carbocycles. The van der Waals surface area contributed by atoms with Crippen LogP contribution in [-0.2, 0) is 14.3 Å². The van der Waals surface area contributed by atoms with Crippen molar-refractivity contribution in [1.82, 2.24) is 5.32 Å². The van der Waals surface area contributed by atoms with Crippen LogP contribution in [0.4, 0.5) is 0 Å². The van der Waals surface area contributed by atoms with Gasteiger partial charge in [-0.15, -0.1) is 0 Å². The molecule has 7 atom stereocenters. The van der Waals surface area contributed by atoms with E-state index in [1.807, 2.05) is 6.08 Å². The van der Waals surface area contributed by atoms with E-state index in [9.17, 15) is 30.3 Å². The molecule has 7 unspecified atom stereocenters. The number of rotatable bonds is 43. The van der Waals surface area contributed by atoms with E-state index in [0.717, 1.165) is 38.5 Å². The first-order valence-electron chi connectivity index (χ1n) is 25.7. The Hall–Kier alpha value is -1.59. The summed E-state index contributed by atoms with van der Waals surface area (Å²) in [4.78, 5) is 12.9. The fourth-order valence-corrected chi connectivity index (χ4v) is 8.05. The lowest BCUT2D eigenvalue weighted by atomic mass is 9.99. The highest BCUT2D eigenvalue weighted by molar-refractivity contribution is 5.76. The Labute approximate surface area is 374 Å². The zero-order valence-corrected chi connectivity index (χ0v) is 39.4. The van der Waals surface area contributed by atoms with Crippen molar-refractivity contribution in [3.05, 3.63) is 36.5 Å². The highest BCUT2D eigenvalue weighted by Gasteiger charge is 2.44. The number of carbonyl (C=O) groups is 1. The smallest absolute Gasteiger partial charge is 0.220 e. The molecule has 0 aromatic rings. The molecule has 1 heterocycles. The van der Waals surface area contributed by atoms with Crippen LogP contribution < -0.4 is 5.32 Å². The highest BCUT2D eigenvalue weighted by atomic mass is 16.7. The third kappa shape index (κ3) is 32.7. The zero-order valence-electron chi connectivity index (χ0n) is 39.4. The van der Waals surface area contributed by atoms with Gasteiger partial charge in [0.1, 0.15) is 24.4 Å². The van der Waals surface area contributed by atoms with Crippen molar-refractivity contribution in [2.75, 3.05) is 13.2 Å². The molecule has 1 rings (SSSR count). The van der Waals surface area contributed by atoms with Crippen LogP contribution in [0.25, 0.3) is 0 Å². The molecule has 0 spiro atoms. The lowest BCUT2D eigenvalue weighted by molar-refractivity contribution is -0.302. The molecule has 0 bridgehead atoms. The molecule has 9 heteroatoms. The minimum absolute atomic E-state index is 0.189. The Balaban J connectivity index is 2.13. The van der Waals surface area contributed by atoms with E-state index in [0.29, 0.717) is 6.42 Å². The molecule has 0 aliphatic carbocycles. The lowest BCUT2D eigenvalue weighted by Gasteiger charge is -2.40. The molecule has 9 nitrogen and oxygen atoms in total. The van der Waals surface area contributed by atoms with Gasteiger partial charge in [0.25, 0.3) is 0 Å². The maximum atomic E-state index is 12.9. The molecule has 1 fully saturated rings. The van der Waals surface area contributed by atoms with Gasteiger partial charge in [-0.2, -0.15) is 0 Å². The maximum absolute atomic E-state index is 12.9. The van der Waals surface area contributed by atoms with Gasteiger partial charge in [0.15, 0.2) is 6.29 Å². The van der Waals surface area contributed by atoms with Crippen molar-refractivity contribution in [1.29, 1.82) is 0 Å². The molecule has 61 heavy (non-hydrogen) atoms. The van der Waals surface area contributed by atoms with Gasteiger partial charge in [0.05, 0.1) is 25.4 Å². The van der Waals surface area contributed by atoms with E-state index in [1.165, 1.54) is 173 Å². The van der Waals surface area contributed by atoms with Crippen LogP contribution in [0.2, 0.25) is 0 Å². The molecule has 0 radical (unpaired) electrons. The normalized spacial score (nSPS) is 20.7. The van der Waals surface area contributed by atoms with Gasteiger partial charge in [0, 0.05) is 6.42 Å². The summed E-state index contributed by atoms with van der Waals surface area (Å²) in [7, 11) is 0. The second kappa shape index (κ2) is 42.4. The summed E-state index contributed by atoms with van der Waals surface area (Å²) in [5, 5.41) is 54.0. The third-order valence-corrected chi connectivity index (χ3v) is 12.2. The number of hydrogen-bond acceptors (Lipinski definition) is 8. The molecule has 1 saturated heterocycles. The molecule has 1 aliphatic rings. The van der Waals surface area contributed by atoms with Crippen LogP contribution in [0.15, 0.2) is 36.5 Å². The van der Waals surface area contributed by atoms with Crippen LogP contribution in [0.5, 0.6) is 0 Å². The molecule has 358 valence electrons. The largest absolute Gasteiger partial charge is 0.394 e. The fraction of sp³-hybridized carbons (Fsp3) is 0.865. The summed E-state index contributed by atoms with van der Waals surface area (Å²) < 4.78 is 11.2. The van der Waals surface area contributed by atoms with E-state index in [-0.39, 0.29) is 12.5 Å². The summed E-state index contributed by atoms with van der Waals surface area (Å²) in [6.07, 6.45) is 46.6. The molecule has 1 aliphatic heterocycles. The molecular formula is C52H97NO8. The summed E-state index contributed by atoms with van der Waals surface area (Å²) in [6.45, 7) is 3.71. The number of aliphatic hydroxyl groups is 5. The topological polar surface area (TPSA) is 149 Å². The van der Waals surface area contributed by atoms with Crippen molar-refractivity contribution >= 4 is 5.91 Å². The number of carbonyl (C=O) groups excluding carboxylic acids is 1. The Morgan fingerprint density at radius 1 is 0.541 bits per heavy atom. The number of ether oxygens (including phenoxy) is 2. The van der Waals surface area contributed by atoms with Gasteiger partial charge in [-0.25, -0.2) is 0 Å². The zero-order chi connectivity index (χ0) is 44.4. The van der Waals surface area contributed by atoms with E-state index in [4.69, 9.17) is 9.47 Å². The highest BCUT2D eigenvalue weighted by Crippen LogP contribution is 2.23. The predicted octanol–water partition coefficient (Wildman–Crippen LogP) is 11.6. The molecule has 0 saturated carbocycles. The molecule has 6 N–H and O–H groups in total. The first-order valence-corrected chi connectivity index (χ1v) is 25.7. The summed E-state index contributed by atoms with van der Waals surface area (Å²) in [5.41, 5.74) is 0. The Morgan fingerprint density at radius 2 is 0.934 bits per heavy atom. The minimum atomic E-state index is -1.57. The predicted molar refractivity (Wildman–Crippen MR) is 253 cm³/mol. The maximum Gasteiger partial charge on any atom is 0.220 e. The second-order valence-electron chi connectivity index (χ2n) is 18.0. The standard InChI is InChI=1S/C52H97NO8/c1-3-5-7-9-11-13-14-15-16-17-18-19-20-21-22-23-24-25-26-27-28-29-30-31-32-34-36-38-40-42-48(56)53-45(46(55)41-39-37-35-33-12-10-8-6-4-2)44-60-52-51(59)50(58)49(57)47(43-54)61-52/h12,21-22,33,39,41,45-47,49-52,54-55,57-59H,3-11,13-20,23-32,34-38,40,42-44H2,1-2H3,(H,53,56)/b22-21-,33-12+,41-39+. The number of nitrogens with one attached hydrogen (secondary N) is 1. The van der Waals surface area contributed by atoms with Crippen LogP contribution in [0.1, 0.15) is 232 Å². The van der Waals surface area contributed by atoms with E-state index < -0.39 is 49.5 Å². The SMILES string of the molecule is CCCCC/C=C/CC/C=C/C(O)C(COC1OC(CO)C(O)C(O)C1O)NC(=O)CCCCCCCCCCCCCCC/C=C\CCCCCCCCCCCCCC. The van der Waals surface area contributed by atoms with E-state index in [2.05, 4.69) is 43.5 Å². The lowest BCUT2D eigenvalue weighted by Crippen LogP contribution is -2.60. The van der Waals surface area contributed by atoms with Crippen LogP contribution in [-0.4, -0.2) is 87.5 Å². The van der Waals surface area contributed by atoms with Crippen molar-refractivity contribution in [2.24, 2.45) is 0 Å². The second-order valence-corrected chi connectivity index (χ2v) is 18.0. The van der Waals surface area contributed by atoms with Crippen LogP contribution in [0.3, 0.4) is 0 Å². The fourth-order valence-electron chi connectivity index (χ4n) is 8.05. The van der Waals surface area contributed by atoms with Gasteiger partial charge in [-0.3, -0.25) is 4.79 Å². The Bertz CT molecular complexity index is 1050. The minimum Gasteiger partial charge on any atom is -0.394 e. The Kier molecular flexibility index (Phi) is 39.9. The van der Waals surface area contributed by atoms with Gasteiger partial charge in [-0.1, -0.05) is 204 Å². The van der Waals surface area contributed by atoms with Crippen molar-refractivity contribution < 1.29 is 39.8 Å². The van der Waals surface area contributed by atoms with Crippen molar-refractivity contribution in [2.45, 2.75) is 275 Å². The first-order chi connectivity index (χ1) is 29.8. The van der Waals surface area contributed by atoms with Gasteiger partial charge in [-0.05, 0) is 57.8 Å². The van der Waals surface area contributed by atoms with Crippen LogP contribution >= 0.6 is 0 Å². The summed E-state index contributed by atoms with van der Waals surface area (Å²) in [6, 6.07) is -0.818. The molecule has 0 aromatic heterocycles. The number of hydrogen-bond donors (Lipinski definition) is 6. The average molecular weight is 864 g/mol. The number of amides is 1. The van der Waals surface area contributed by atoms with Crippen molar-refractivity contribution in [3.63, 3.8) is 0 Å². The van der Waals surface area contributed by atoms with Crippen molar-refractivity contribution in [3.8, 4) is 0 Å². The number of unbranched alkanes of at least 4 members (excludes halogenated alkanes) is 29. The average Bonchev–Trinajstić information content (AvgIpc) is 3.26. The van der Waals surface area contributed by atoms with Gasteiger partial charge in [0.2, 0.25) is 5.91 Å². The molecular weight excluding hydrogens is 767 g/mol.